The summed E-state index contributed by atoms with van der Waals surface area (Å²) in [6.45, 7) is 2.00. The maximum absolute atomic E-state index is 11.4. The van der Waals surface area contributed by atoms with Crippen molar-refractivity contribution in [2.75, 3.05) is 16.7 Å². The molecule has 0 fully saturated rings. The quantitative estimate of drug-likeness (QED) is 0.496. The summed E-state index contributed by atoms with van der Waals surface area (Å²) in [5.41, 5.74) is 9.46. The summed E-state index contributed by atoms with van der Waals surface area (Å²) in [6, 6.07) is 14.8. The van der Waals surface area contributed by atoms with E-state index in [9.17, 15) is 8.42 Å². The van der Waals surface area contributed by atoms with Crippen LogP contribution in [0.3, 0.4) is 0 Å². The number of benzene rings is 2. The van der Waals surface area contributed by atoms with Crippen molar-refractivity contribution < 1.29 is 12.8 Å². The number of hydrogen-bond donors (Lipinski definition) is 2. The summed E-state index contributed by atoms with van der Waals surface area (Å²) in [5.74, 6) is 0.354. The first-order valence-corrected chi connectivity index (χ1v) is 11.2. The first-order chi connectivity index (χ1) is 13.8. The van der Waals surface area contributed by atoms with Gasteiger partial charge in [0.1, 0.15) is 5.01 Å². The van der Waals surface area contributed by atoms with Gasteiger partial charge in [-0.05, 0) is 31.2 Å². The molecule has 2 aromatic carbocycles. The van der Waals surface area contributed by atoms with E-state index in [2.05, 4.69) is 14.9 Å². The summed E-state index contributed by atoms with van der Waals surface area (Å²) in [4.78, 5) is 5.84. The number of nitrogens with two attached hydrogens (primary N) is 1. The molecule has 29 heavy (non-hydrogen) atoms. The predicted molar refractivity (Wildman–Crippen MR) is 114 cm³/mol. The van der Waals surface area contributed by atoms with Crippen LogP contribution >= 0.6 is 11.3 Å². The molecule has 2 aromatic heterocycles. The lowest BCUT2D eigenvalue weighted by Crippen LogP contribution is -2.09. The molecule has 0 amide bonds. The van der Waals surface area contributed by atoms with Gasteiger partial charge in [-0.15, -0.1) is 16.4 Å². The van der Waals surface area contributed by atoms with E-state index in [1.807, 2.05) is 43.3 Å². The highest BCUT2D eigenvalue weighted by atomic mass is 32.2. The Balaban J connectivity index is 1.65. The lowest BCUT2D eigenvalue weighted by molar-refractivity contribution is 0.590. The smallest absolute Gasteiger partial charge is 0.313 e. The standard InChI is InChI=1S/C19H17N5O3S2/c1-11-16(12-6-8-15(9-7-12)24-29(2,25)26)21-18(28-11)14-5-3-4-13(10-14)17-22-23-19(20)27-17/h3-10,24H,1-2H3,(H2,20,23). The molecule has 0 radical (unpaired) electrons. The molecule has 0 aliphatic heterocycles. The Kier molecular flexibility index (Phi) is 4.81. The predicted octanol–water partition coefficient (Wildman–Crippen LogP) is 3.79. The average molecular weight is 428 g/mol. The molecule has 0 saturated heterocycles. The second-order valence-electron chi connectivity index (χ2n) is 6.40. The highest BCUT2D eigenvalue weighted by molar-refractivity contribution is 7.92. The van der Waals surface area contributed by atoms with E-state index >= 15 is 0 Å². The number of sulfonamides is 1. The number of nitrogens with zero attached hydrogens (tertiary/aromatic N) is 3. The van der Waals surface area contributed by atoms with Gasteiger partial charge >= 0.3 is 6.01 Å². The zero-order valence-electron chi connectivity index (χ0n) is 15.6. The monoisotopic (exact) mass is 427 g/mol. The van der Waals surface area contributed by atoms with Crippen LogP contribution in [0.1, 0.15) is 4.88 Å². The fourth-order valence-corrected chi connectivity index (χ4v) is 4.33. The molecule has 0 bridgehead atoms. The molecule has 0 atom stereocenters. The van der Waals surface area contributed by atoms with Gasteiger partial charge in [0.05, 0.1) is 11.9 Å². The lowest BCUT2D eigenvalue weighted by Gasteiger charge is -2.05. The molecule has 0 aliphatic rings. The second-order valence-corrected chi connectivity index (χ2v) is 9.35. The van der Waals surface area contributed by atoms with Crippen LogP contribution in [0.25, 0.3) is 33.3 Å². The number of nitrogen functional groups attached to an aromatic ring is 1. The third-order valence-corrected chi connectivity index (χ3v) is 5.68. The largest absolute Gasteiger partial charge is 0.404 e. The van der Waals surface area contributed by atoms with Gasteiger partial charge in [-0.1, -0.05) is 29.4 Å². The Bertz CT molecular complexity index is 1280. The van der Waals surface area contributed by atoms with Gasteiger partial charge in [-0.2, -0.15) is 0 Å². The summed E-state index contributed by atoms with van der Waals surface area (Å²) < 4.78 is 30.5. The molecule has 10 heteroatoms. The minimum atomic E-state index is -3.31. The van der Waals surface area contributed by atoms with Crippen molar-refractivity contribution in [1.82, 2.24) is 15.2 Å². The average Bonchev–Trinajstić information content (AvgIpc) is 3.27. The third-order valence-electron chi connectivity index (χ3n) is 4.06. The fraction of sp³-hybridized carbons (Fsp3) is 0.105. The van der Waals surface area contributed by atoms with Crippen LogP contribution in [-0.2, 0) is 10.0 Å². The Hall–Kier alpha value is -3.24. The zero-order valence-corrected chi connectivity index (χ0v) is 17.2. The Morgan fingerprint density at radius 3 is 2.41 bits per heavy atom. The van der Waals surface area contributed by atoms with Crippen molar-refractivity contribution >= 4 is 33.1 Å². The molecule has 4 rings (SSSR count). The highest BCUT2D eigenvalue weighted by Gasteiger charge is 2.14. The molecule has 0 aliphatic carbocycles. The molecule has 0 spiro atoms. The minimum absolute atomic E-state index is 0.0200. The van der Waals surface area contributed by atoms with E-state index in [4.69, 9.17) is 15.1 Å². The second kappa shape index (κ2) is 7.30. The third kappa shape index (κ3) is 4.28. The van der Waals surface area contributed by atoms with Crippen molar-refractivity contribution in [3.05, 3.63) is 53.4 Å². The topological polar surface area (TPSA) is 124 Å². The summed E-state index contributed by atoms with van der Waals surface area (Å²) >= 11 is 1.57. The molecule has 0 unspecified atom stereocenters. The number of anilines is 2. The van der Waals surface area contributed by atoms with Crippen molar-refractivity contribution in [3.63, 3.8) is 0 Å². The molecular formula is C19H17N5O3S2. The maximum Gasteiger partial charge on any atom is 0.313 e. The molecule has 3 N–H and O–H groups in total. The van der Waals surface area contributed by atoms with E-state index < -0.39 is 10.0 Å². The van der Waals surface area contributed by atoms with Crippen LogP contribution in [-0.4, -0.2) is 29.9 Å². The summed E-state index contributed by atoms with van der Waals surface area (Å²) in [6.07, 6.45) is 1.12. The van der Waals surface area contributed by atoms with Crippen molar-refractivity contribution in [2.24, 2.45) is 0 Å². The van der Waals surface area contributed by atoms with Crippen molar-refractivity contribution in [3.8, 4) is 33.3 Å². The van der Waals surface area contributed by atoms with Gasteiger partial charge < -0.3 is 10.2 Å². The number of thiazole rings is 1. The Morgan fingerprint density at radius 2 is 1.76 bits per heavy atom. The van der Waals surface area contributed by atoms with E-state index in [1.54, 1.807) is 23.5 Å². The van der Waals surface area contributed by atoms with E-state index in [1.165, 1.54) is 0 Å². The fourth-order valence-electron chi connectivity index (χ4n) is 2.83. The van der Waals surface area contributed by atoms with E-state index in [0.29, 0.717) is 11.6 Å². The van der Waals surface area contributed by atoms with Gasteiger partial charge in [0, 0.05) is 27.3 Å². The van der Waals surface area contributed by atoms with Gasteiger partial charge in [-0.25, -0.2) is 13.4 Å². The van der Waals surface area contributed by atoms with Crippen LogP contribution < -0.4 is 10.5 Å². The summed E-state index contributed by atoms with van der Waals surface area (Å²) in [5, 5.41) is 8.46. The van der Waals surface area contributed by atoms with Crippen molar-refractivity contribution in [1.29, 1.82) is 0 Å². The van der Waals surface area contributed by atoms with Crippen LogP contribution in [0, 0.1) is 6.92 Å². The number of rotatable bonds is 5. The minimum Gasteiger partial charge on any atom is -0.404 e. The van der Waals surface area contributed by atoms with Crippen LogP contribution in [0.2, 0.25) is 0 Å². The highest BCUT2D eigenvalue weighted by Crippen LogP contribution is 2.35. The number of aromatic nitrogens is 3. The first kappa shape index (κ1) is 19.1. The molecular weight excluding hydrogens is 410 g/mol. The SMILES string of the molecule is Cc1sc(-c2cccc(-c3nnc(N)o3)c2)nc1-c1ccc(NS(C)(=O)=O)cc1. The van der Waals surface area contributed by atoms with Gasteiger partial charge in [0.25, 0.3) is 0 Å². The molecule has 2 heterocycles. The number of aryl methyl sites for hydroxylation is 1. The first-order valence-electron chi connectivity index (χ1n) is 8.54. The molecule has 148 valence electrons. The van der Waals surface area contributed by atoms with Crippen LogP contribution in [0.4, 0.5) is 11.7 Å². The van der Waals surface area contributed by atoms with E-state index in [0.717, 1.165) is 38.5 Å². The lowest BCUT2D eigenvalue weighted by atomic mass is 10.1. The van der Waals surface area contributed by atoms with E-state index in [-0.39, 0.29) is 6.01 Å². The van der Waals surface area contributed by atoms with Gasteiger partial charge in [-0.3, -0.25) is 4.72 Å². The van der Waals surface area contributed by atoms with Crippen LogP contribution in [0.15, 0.2) is 52.9 Å². The van der Waals surface area contributed by atoms with Crippen LogP contribution in [0.5, 0.6) is 0 Å². The van der Waals surface area contributed by atoms with Gasteiger partial charge in [0.2, 0.25) is 15.9 Å². The zero-order chi connectivity index (χ0) is 20.6. The van der Waals surface area contributed by atoms with Gasteiger partial charge in [0.15, 0.2) is 0 Å². The normalized spacial score (nSPS) is 11.5. The Morgan fingerprint density at radius 1 is 1.03 bits per heavy atom. The number of nitrogens with one attached hydrogen (secondary N) is 1. The Labute approximate surface area is 171 Å². The number of hydrogen-bond acceptors (Lipinski definition) is 8. The maximum atomic E-state index is 11.4. The molecule has 8 nitrogen and oxygen atoms in total. The summed E-state index contributed by atoms with van der Waals surface area (Å²) in [7, 11) is -3.31. The molecule has 4 aromatic rings. The molecule has 0 saturated carbocycles. The van der Waals surface area contributed by atoms with Crippen molar-refractivity contribution in [2.45, 2.75) is 6.92 Å².